The summed E-state index contributed by atoms with van der Waals surface area (Å²) in [6, 6.07) is 1.54. The number of aromatic nitrogens is 3. The molecule has 11 heteroatoms. The van der Waals surface area contributed by atoms with E-state index in [1.54, 1.807) is 12.4 Å². The number of carboxylic acids is 2. The van der Waals surface area contributed by atoms with Crippen molar-refractivity contribution in [1.82, 2.24) is 20.3 Å². The lowest BCUT2D eigenvalue weighted by Gasteiger charge is -2.20. The van der Waals surface area contributed by atoms with Gasteiger partial charge in [-0.1, -0.05) is 18.5 Å². The average molecular weight is 446 g/mol. The maximum atomic E-state index is 12.7. The highest BCUT2D eigenvalue weighted by atomic mass is 35.5. The summed E-state index contributed by atoms with van der Waals surface area (Å²) >= 11 is 6.40. The zero-order valence-electron chi connectivity index (χ0n) is 16.4. The molecular weight excluding hydrogens is 426 g/mol. The molecule has 10 nitrogen and oxygen atoms in total. The van der Waals surface area contributed by atoms with Gasteiger partial charge in [-0.05, 0) is 24.1 Å². The first-order chi connectivity index (χ1) is 14.7. The molecule has 0 bridgehead atoms. The van der Waals surface area contributed by atoms with Crippen molar-refractivity contribution in [3.8, 4) is 0 Å². The highest BCUT2D eigenvalue weighted by Gasteiger charge is 2.26. The normalized spacial score (nSPS) is 13.0. The quantitative estimate of drug-likeness (QED) is 0.329. The fraction of sp³-hybridized carbons (Fsp3) is 0.250. The molecular formula is C20H20ClN5O5. The number of nitrogens with one attached hydrogen (secondary N) is 2. The summed E-state index contributed by atoms with van der Waals surface area (Å²) in [5, 5.41) is 21.5. The van der Waals surface area contributed by atoms with E-state index in [1.165, 1.54) is 18.5 Å². The van der Waals surface area contributed by atoms with Crippen LogP contribution >= 0.6 is 11.6 Å². The minimum atomic E-state index is -1.37. The molecule has 0 saturated heterocycles. The SMILES string of the molecule is CC(c1c(Cl)ccc(C(=O)N[C@@H](CCC(=O)O)C(=O)O)c1N)c1c[nH]c2ncncc12. The maximum absolute atomic E-state index is 12.7. The number of nitrogen functional groups attached to an aromatic ring is 1. The predicted octanol–water partition coefficient (Wildman–Crippen LogP) is 2.39. The van der Waals surface area contributed by atoms with Crippen LogP contribution in [-0.2, 0) is 9.59 Å². The summed E-state index contributed by atoms with van der Waals surface area (Å²) in [5.41, 5.74) is 8.39. The molecule has 2 heterocycles. The Labute approximate surface area is 181 Å². The van der Waals surface area contributed by atoms with Crippen LogP contribution in [-0.4, -0.2) is 49.1 Å². The summed E-state index contributed by atoms with van der Waals surface area (Å²) in [7, 11) is 0. The first-order valence-electron chi connectivity index (χ1n) is 9.31. The Morgan fingerprint density at radius 2 is 2.03 bits per heavy atom. The number of halogens is 1. The number of hydrogen-bond donors (Lipinski definition) is 5. The van der Waals surface area contributed by atoms with Crippen LogP contribution in [0.15, 0.2) is 30.9 Å². The molecule has 0 fully saturated rings. The number of rotatable bonds is 8. The third-order valence-electron chi connectivity index (χ3n) is 5.02. The Morgan fingerprint density at radius 3 is 2.71 bits per heavy atom. The Balaban J connectivity index is 1.93. The van der Waals surface area contributed by atoms with E-state index in [0.717, 1.165) is 10.9 Å². The highest BCUT2D eigenvalue weighted by Crippen LogP contribution is 2.38. The number of nitrogens with two attached hydrogens (primary N) is 1. The smallest absolute Gasteiger partial charge is 0.326 e. The van der Waals surface area contributed by atoms with E-state index in [4.69, 9.17) is 22.4 Å². The molecule has 0 aliphatic heterocycles. The summed E-state index contributed by atoms with van der Waals surface area (Å²) < 4.78 is 0. The Kier molecular flexibility index (Phi) is 6.40. The van der Waals surface area contributed by atoms with Crippen molar-refractivity contribution in [3.05, 3.63) is 52.6 Å². The number of benzene rings is 1. The van der Waals surface area contributed by atoms with Crippen LogP contribution in [0.2, 0.25) is 5.02 Å². The number of carbonyl (C=O) groups is 3. The Hall–Kier alpha value is -3.66. The van der Waals surface area contributed by atoms with Crippen molar-refractivity contribution >= 4 is 46.2 Å². The van der Waals surface area contributed by atoms with Crippen molar-refractivity contribution in [2.45, 2.75) is 31.7 Å². The van der Waals surface area contributed by atoms with Gasteiger partial charge in [0.05, 0.1) is 5.56 Å². The third kappa shape index (κ3) is 4.58. The van der Waals surface area contributed by atoms with Crippen LogP contribution in [0.5, 0.6) is 0 Å². The molecule has 0 aliphatic carbocycles. The molecule has 1 amide bonds. The number of fused-ring (bicyclic) bond motifs is 1. The van der Waals surface area contributed by atoms with E-state index in [-0.39, 0.29) is 23.6 Å². The van der Waals surface area contributed by atoms with Gasteiger partial charge in [0.1, 0.15) is 18.0 Å². The van der Waals surface area contributed by atoms with Gasteiger partial charge in [0.15, 0.2) is 0 Å². The van der Waals surface area contributed by atoms with Gasteiger partial charge in [0.2, 0.25) is 0 Å². The molecule has 0 aliphatic rings. The zero-order chi connectivity index (χ0) is 22.7. The molecule has 31 heavy (non-hydrogen) atoms. The Bertz CT molecular complexity index is 1160. The molecule has 2 atom stereocenters. The molecule has 162 valence electrons. The van der Waals surface area contributed by atoms with E-state index >= 15 is 0 Å². The van der Waals surface area contributed by atoms with Crippen molar-refractivity contribution < 1.29 is 24.6 Å². The second kappa shape index (κ2) is 9.00. The molecule has 1 aromatic carbocycles. The maximum Gasteiger partial charge on any atom is 0.326 e. The number of aromatic amines is 1. The molecule has 2 aromatic heterocycles. The zero-order valence-corrected chi connectivity index (χ0v) is 17.2. The topological polar surface area (TPSA) is 171 Å². The highest BCUT2D eigenvalue weighted by molar-refractivity contribution is 6.32. The molecule has 0 spiro atoms. The first kappa shape index (κ1) is 22.0. The largest absolute Gasteiger partial charge is 0.481 e. The number of amides is 1. The number of nitrogens with zero attached hydrogens (tertiary/aromatic N) is 2. The van der Waals surface area contributed by atoms with E-state index in [1.807, 2.05) is 6.92 Å². The van der Waals surface area contributed by atoms with Crippen LogP contribution in [0.25, 0.3) is 11.0 Å². The number of anilines is 1. The first-order valence-corrected chi connectivity index (χ1v) is 9.68. The van der Waals surface area contributed by atoms with Crippen LogP contribution in [0, 0.1) is 0 Å². The molecule has 1 unspecified atom stereocenters. The van der Waals surface area contributed by atoms with Gasteiger partial charge in [-0.3, -0.25) is 9.59 Å². The number of carbonyl (C=O) groups excluding carboxylic acids is 1. The monoisotopic (exact) mass is 445 g/mol. The van der Waals surface area contributed by atoms with Crippen molar-refractivity contribution in [3.63, 3.8) is 0 Å². The van der Waals surface area contributed by atoms with E-state index in [2.05, 4.69) is 20.3 Å². The number of carboxylic acid groups (broad SMARTS) is 2. The van der Waals surface area contributed by atoms with Crippen LogP contribution in [0.3, 0.4) is 0 Å². The van der Waals surface area contributed by atoms with E-state index < -0.39 is 30.3 Å². The fourth-order valence-corrected chi connectivity index (χ4v) is 3.73. The third-order valence-corrected chi connectivity index (χ3v) is 5.35. The summed E-state index contributed by atoms with van der Waals surface area (Å²) in [6.45, 7) is 1.86. The van der Waals surface area contributed by atoms with Gasteiger partial charge in [0.25, 0.3) is 5.91 Å². The second-order valence-corrected chi connectivity index (χ2v) is 7.38. The van der Waals surface area contributed by atoms with Gasteiger partial charge in [-0.25, -0.2) is 14.8 Å². The van der Waals surface area contributed by atoms with Crippen LogP contribution < -0.4 is 11.1 Å². The van der Waals surface area contributed by atoms with Crippen molar-refractivity contribution in [2.24, 2.45) is 0 Å². The average Bonchev–Trinajstić information content (AvgIpc) is 3.14. The minimum Gasteiger partial charge on any atom is -0.481 e. The van der Waals surface area contributed by atoms with E-state index in [0.29, 0.717) is 16.2 Å². The number of H-pyrrole nitrogens is 1. The predicted molar refractivity (Wildman–Crippen MR) is 113 cm³/mol. The molecule has 0 saturated carbocycles. The van der Waals surface area contributed by atoms with Gasteiger partial charge in [-0.2, -0.15) is 0 Å². The number of aliphatic carboxylic acids is 2. The number of hydrogen-bond acceptors (Lipinski definition) is 6. The van der Waals surface area contributed by atoms with Gasteiger partial charge in [0, 0.05) is 46.4 Å². The lowest BCUT2D eigenvalue weighted by atomic mass is 9.90. The Morgan fingerprint density at radius 1 is 1.29 bits per heavy atom. The van der Waals surface area contributed by atoms with Crippen LogP contribution in [0.4, 0.5) is 5.69 Å². The molecule has 3 rings (SSSR count). The summed E-state index contributed by atoms with van der Waals surface area (Å²) in [4.78, 5) is 46.1. The summed E-state index contributed by atoms with van der Waals surface area (Å²) in [5.74, 6) is -3.57. The van der Waals surface area contributed by atoms with Crippen molar-refractivity contribution in [2.75, 3.05) is 5.73 Å². The molecule has 6 N–H and O–H groups in total. The fourth-order valence-electron chi connectivity index (χ4n) is 3.40. The van der Waals surface area contributed by atoms with Gasteiger partial charge in [-0.15, -0.1) is 0 Å². The second-order valence-electron chi connectivity index (χ2n) is 6.97. The minimum absolute atomic E-state index is 0.0453. The van der Waals surface area contributed by atoms with E-state index in [9.17, 15) is 19.5 Å². The molecule has 0 radical (unpaired) electrons. The van der Waals surface area contributed by atoms with Crippen molar-refractivity contribution in [1.29, 1.82) is 0 Å². The summed E-state index contributed by atoms with van der Waals surface area (Å²) in [6.07, 6.45) is 4.17. The lowest BCUT2D eigenvalue weighted by molar-refractivity contribution is -0.140. The lowest BCUT2D eigenvalue weighted by Crippen LogP contribution is -2.41. The standard InChI is InChI=1S/C20H20ClN5O5/c1-9(11-7-24-18-12(11)6-23-8-25-18)16-13(21)3-2-10(17(16)22)19(29)26-14(20(30)31)4-5-15(27)28/h2-3,6-9,14H,4-5,22H2,1H3,(H,26,29)(H,27,28)(H,30,31)(H,23,24,25)/t9?,14-/m0/s1. The van der Waals surface area contributed by atoms with Gasteiger partial charge >= 0.3 is 11.9 Å². The van der Waals surface area contributed by atoms with Gasteiger partial charge < -0.3 is 26.2 Å². The molecule has 3 aromatic rings. The van der Waals surface area contributed by atoms with Crippen LogP contribution in [0.1, 0.15) is 47.2 Å².